The van der Waals surface area contributed by atoms with Gasteiger partial charge in [0.25, 0.3) is 0 Å². The molecule has 0 amide bonds. The summed E-state index contributed by atoms with van der Waals surface area (Å²) in [5.74, 6) is 1.32. The summed E-state index contributed by atoms with van der Waals surface area (Å²) >= 11 is 0. The van der Waals surface area contributed by atoms with E-state index in [1.807, 2.05) is 27.7 Å². The monoisotopic (exact) mass is 342 g/mol. The fourth-order valence-corrected chi connectivity index (χ4v) is 3.98. The Kier molecular flexibility index (Phi) is 4.95. The van der Waals surface area contributed by atoms with E-state index in [-0.39, 0.29) is 5.97 Å². The molecule has 2 aromatic rings. The predicted octanol–water partition coefficient (Wildman–Crippen LogP) is 4.17. The summed E-state index contributed by atoms with van der Waals surface area (Å²) in [5.41, 5.74) is 5.47. The van der Waals surface area contributed by atoms with Crippen molar-refractivity contribution in [3.63, 3.8) is 0 Å². The van der Waals surface area contributed by atoms with E-state index < -0.39 is 0 Å². The minimum atomic E-state index is -0.281. The number of benzene rings is 1. The summed E-state index contributed by atoms with van der Waals surface area (Å²) in [5, 5.41) is 4.12. The Morgan fingerprint density at radius 3 is 2.52 bits per heavy atom. The van der Waals surface area contributed by atoms with Gasteiger partial charge >= 0.3 is 5.97 Å². The van der Waals surface area contributed by atoms with E-state index >= 15 is 0 Å². The third-order valence-electron chi connectivity index (χ3n) is 4.94. The summed E-state index contributed by atoms with van der Waals surface area (Å²) in [7, 11) is 0. The zero-order valence-corrected chi connectivity index (χ0v) is 15.7. The lowest BCUT2D eigenvalue weighted by Crippen LogP contribution is -2.23. The van der Waals surface area contributed by atoms with Gasteiger partial charge in [0.15, 0.2) is 0 Å². The lowest BCUT2D eigenvalue weighted by atomic mass is 10.0. The second-order valence-corrected chi connectivity index (χ2v) is 7.02. The van der Waals surface area contributed by atoms with Gasteiger partial charge in [-0.15, -0.1) is 0 Å². The molecule has 1 fully saturated rings. The van der Waals surface area contributed by atoms with E-state index in [0.717, 1.165) is 42.1 Å². The van der Waals surface area contributed by atoms with E-state index in [0.29, 0.717) is 11.8 Å². The van der Waals surface area contributed by atoms with Crippen molar-refractivity contribution in [3.05, 3.63) is 45.8 Å². The molecule has 0 saturated carbocycles. The van der Waals surface area contributed by atoms with Crippen LogP contribution in [0.15, 0.2) is 16.7 Å². The molecular weight excluding hydrogens is 316 g/mol. The largest absolute Gasteiger partial charge is 0.426 e. The Hall–Kier alpha value is -2.14. The molecule has 5 nitrogen and oxygen atoms in total. The SMILES string of the molecule is CC(=O)Oc1c(C)cc(CN2CCC[C@@H]2c2c(C)noc2C)cc1C. The number of aryl methyl sites for hydroxylation is 4. The van der Waals surface area contributed by atoms with Crippen LogP contribution >= 0.6 is 0 Å². The maximum Gasteiger partial charge on any atom is 0.308 e. The first-order valence-electron chi connectivity index (χ1n) is 8.82. The smallest absolute Gasteiger partial charge is 0.308 e. The average molecular weight is 342 g/mol. The molecule has 134 valence electrons. The first kappa shape index (κ1) is 17.7. The number of carbonyl (C=O) groups excluding carboxylic acids is 1. The zero-order valence-electron chi connectivity index (χ0n) is 15.7. The Balaban J connectivity index is 1.83. The first-order chi connectivity index (χ1) is 11.9. The quantitative estimate of drug-likeness (QED) is 0.616. The topological polar surface area (TPSA) is 55.6 Å². The van der Waals surface area contributed by atoms with Gasteiger partial charge in [-0.1, -0.05) is 17.3 Å². The maximum atomic E-state index is 11.3. The maximum absolute atomic E-state index is 11.3. The molecule has 0 unspecified atom stereocenters. The molecule has 1 aliphatic heterocycles. The van der Waals surface area contributed by atoms with E-state index in [2.05, 4.69) is 22.2 Å². The van der Waals surface area contributed by atoms with Crippen LogP contribution < -0.4 is 4.74 Å². The third-order valence-corrected chi connectivity index (χ3v) is 4.94. The van der Waals surface area contributed by atoms with Crippen LogP contribution in [0.5, 0.6) is 5.75 Å². The molecule has 0 spiro atoms. The number of rotatable bonds is 4. The summed E-state index contributed by atoms with van der Waals surface area (Å²) in [6, 6.07) is 4.60. The van der Waals surface area contributed by atoms with Gasteiger partial charge in [-0.25, -0.2) is 0 Å². The Morgan fingerprint density at radius 2 is 1.96 bits per heavy atom. The molecule has 0 radical (unpaired) electrons. The summed E-state index contributed by atoms with van der Waals surface area (Å²) in [4.78, 5) is 13.8. The zero-order chi connectivity index (χ0) is 18.1. The molecule has 0 aliphatic carbocycles. The second kappa shape index (κ2) is 7.00. The predicted molar refractivity (Wildman–Crippen MR) is 95.6 cm³/mol. The fraction of sp³-hybridized carbons (Fsp3) is 0.500. The molecule has 3 rings (SSSR count). The number of carbonyl (C=O) groups is 1. The molecule has 2 heterocycles. The van der Waals surface area contributed by atoms with Crippen molar-refractivity contribution in [3.8, 4) is 5.75 Å². The van der Waals surface area contributed by atoms with Gasteiger partial charge < -0.3 is 9.26 Å². The highest BCUT2D eigenvalue weighted by Gasteiger charge is 2.30. The Morgan fingerprint density at radius 1 is 1.28 bits per heavy atom. The van der Waals surface area contributed by atoms with Crippen LogP contribution in [0.25, 0.3) is 0 Å². The second-order valence-electron chi connectivity index (χ2n) is 7.02. The Bertz CT molecular complexity index is 752. The third kappa shape index (κ3) is 3.61. The summed E-state index contributed by atoms with van der Waals surface area (Å²) in [6.45, 7) is 11.4. The van der Waals surface area contributed by atoms with Gasteiger partial charge in [-0.2, -0.15) is 0 Å². The molecular formula is C20H26N2O3. The fourth-order valence-electron chi connectivity index (χ4n) is 3.98. The van der Waals surface area contributed by atoms with Crippen LogP contribution in [0.1, 0.15) is 59.5 Å². The summed E-state index contributed by atoms with van der Waals surface area (Å²) < 4.78 is 10.7. The standard InChI is InChI=1S/C20H26N2O3/c1-12-9-17(10-13(2)20(12)24-16(5)23)11-22-8-6-7-18(22)19-14(3)21-25-15(19)4/h9-10,18H,6-8,11H2,1-5H3/t18-/m1/s1. The van der Waals surface area contributed by atoms with Crippen molar-refractivity contribution < 1.29 is 14.1 Å². The Labute approximate surface area is 148 Å². The van der Waals surface area contributed by atoms with Crippen molar-refractivity contribution in [1.82, 2.24) is 10.1 Å². The minimum Gasteiger partial charge on any atom is -0.426 e. The van der Waals surface area contributed by atoms with E-state index in [1.165, 1.54) is 24.5 Å². The normalized spacial score (nSPS) is 17.9. The van der Waals surface area contributed by atoms with Crippen LogP contribution in [-0.2, 0) is 11.3 Å². The van der Waals surface area contributed by atoms with Crippen LogP contribution in [-0.4, -0.2) is 22.6 Å². The van der Waals surface area contributed by atoms with Gasteiger partial charge in [0.05, 0.1) is 5.69 Å². The molecule has 1 saturated heterocycles. The van der Waals surface area contributed by atoms with Crippen molar-refractivity contribution in [2.45, 2.75) is 60.0 Å². The molecule has 0 N–H and O–H groups in total. The van der Waals surface area contributed by atoms with Gasteiger partial charge in [0.1, 0.15) is 11.5 Å². The number of aromatic nitrogens is 1. The average Bonchev–Trinajstić information content (AvgIpc) is 3.09. The number of ether oxygens (including phenoxy) is 1. The van der Waals surface area contributed by atoms with Crippen molar-refractivity contribution in [2.24, 2.45) is 0 Å². The van der Waals surface area contributed by atoms with E-state index in [4.69, 9.17) is 9.26 Å². The molecule has 1 aliphatic rings. The van der Waals surface area contributed by atoms with Crippen molar-refractivity contribution in [2.75, 3.05) is 6.54 Å². The number of nitrogens with zero attached hydrogens (tertiary/aromatic N) is 2. The molecule has 0 bridgehead atoms. The molecule has 25 heavy (non-hydrogen) atoms. The van der Waals surface area contributed by atoms with Crippen molar-refractivity contribution >= 4 is 5.97 Å². The lowest BCUT2D eigenvalue weighted by Gasteiger charge is -2.25. The summed E-state index contributed by atoms with van der Waals surface area (Å²) in [6.07, 6.45) is 2.31. The van der Waals surface area contributed by atoms with Crippen LogP contribution in [0, 0.1) is 27.7 Å². The van der Waals surface area contributed by atoms with E-state index in [1.54, 1.807) is 0 Å². The molecule has 1 aromatic carbocycles. The number of hydrogen-bond donors (Lipinski definition) is 0. The van der Waals surface area contributed by atoms with Crippen LogP contribution in [0.3, 0.4) is 0 Å². The van der Waals surface area contributed by atoms with Crippen LogP contribution in [0.2, 0.25) is 0 Å². The number of esters is 1. The molecule has 1 aromatic heterocycles. The minimum absolute atomic E-state index is 0.281. The molecule has 1 atom stereocenters. The van der Waals surface area contributed by atoms with Gasteiger partial charge in [0, 0.05) is 25.1 Å². The van der Waals surface area contributed by atoms with Gasteiger partial charge in [-0.05, 0) is 63.8 Å². The molecule has 5 heteroatoms. The van der Waals surface area contributed by atoms with Gasteiger partial charge in [0.2, 0.25) is 0 Å². The van der Waals surface area contributed by atoms with Gasteiger partial charge in [-0.3, -0.25) is 9.69 Å². The first-order valence-corrected chi connectivity index (χ1v) is 8.82. The van der Waals surface area contributed by atoms with Crippen LogP contribution in [0.4, 0.5) is 0 Å². The lowest BCUT2D eigenvalue weighted by molar-refractivity contribution is -0.131. The number of hydrogen-bond acceptors (Lipinski definition) is 5. The highest BCUT2D eigenvalue weighted by atomic mass is 16.5. The van der Waals surface area contributed by atoms with E-state index in [9.17, 15) is 4.79 Å². The van der Waals surface area contributed by atoms with Crippen molar-refractivity contribution in [1.29, 1.82) is 0 Å². The highest BCUT2D eigenvalue weighted by Crippen LogP contribution is 2.37. The highest BCUT2D eigenvalue weighted by molar-refractivity contribution is 5.70. The number of likely N-dealkylation sites (tertiary alicyclic amines) is 1.